The SMILES string of the molecule is C=CC(=O)NC1(C)CCN(S(=O)(=O)c2ccc(C(=O)NCCc3ccccc3)cc2)CC1. The van der Waals surface area contributed by atoms with E-state index in [9.17, 15) is 18.0 Å². The van der Waals surface area contributed by atoms with Gasteiger partial charge in [-0.2, -0.15) is 4.31 Å². The number of carbonyl (C=O) groups excluding carboxylic acids is 2. The van der Waals surface area contributed by atoms with Gasteiger partial charge in [-0.05, 0) is 62.1 Å². The van der Waals surface area contributed by atoms with Crippen molar-refractivity contribution in [3.05, 3.63) is 78.4 Å². The van der Waals surface area contributed by atoms with Crippen LogP contribution in [-0.4, -0.2) is 49.7 Å². The molecule has 0 aliphatic carbocycles. The Balaban J connectivity index is 1.57. The predicted octanol–water partition coefficient (Wildman–Crippen LogP) is 2.50. The van der Waals surface area contributed by atoms with Crippen LogP contribution in [0.5, 0.6) is 0 Å². The molecule has 2 aromatic rings. The summed E-state index contributed by atoms with van der Waals surface area (Å²) in [7, 11) is -3.67. The van der Waals surface area contributed by atoms with Crippen molar-refractivity contribution in [2.75, 3.05) is 19.6 Å². The van der Waals surface area contributed by atoms with Crippen LogP contribution in [0.15, 0.2) is 72.1 Å². The molecule has 0 bridgehead atoms. The zero-order valence-corrected chi connectivity index (χ0v) is 19.0. The summed E-state index contributed by atoms with van der Waals surface area (Å²) in [5.41, 5.74) is 1.09. The van der Waals surface area contributed by atoms with Crippen LogP contribution in [0.3, 0.4) is 0 Å². The second-order valence-electron chi connectivity index (χ2n) is 8.17. The van der Waals surface area contributed by atoms with E-state index in [2.05, 4.69) is 17.2 Å². The molecule has 1 aliphatic rings. The van der Waals surface area contributed by atoms with Crippen molar-refractivity contribution in [3.63, 3.8) is 0 Å². The molecule has 170 valence electrons. The maximum atomic E-state index is 13.0. The summed E-state index contributed by atoms with van der Waals surface area (Å²) in [4.78, 5) is 24.1. The first-order chi connectivity index (χ1) is 15.2. The molecule has 0 atom stereocenters. The summed E-state index contributed by atoms with van der Waals surface area (Å²) < 4.78 is 27.4. The lowest BCUT2D eigenvalue weighted by Gasteiger charge is -2.39. The zero-order valence-electron chi connectivity index (χ0n) is 18.2. The Hall–Kier alpha value is -2.97. The highest BCUT2D eigenvalue weighted by molar-refractivity contribution is 7.89. The lowest BCUT2D eigenvalue weighted by molar-refractivity contribution is -0.118. The topological polar surface area (TPSA) is 95.6 Å². The van der Waals surface area contributed by atoms with Crippen molar-refractivity contribution in [2.45, 2.75) is 36.6 Å². The zero-order chi connectivity index (χ0) is 23.2. The lowest BCUT2D eigenvalue weighted by Crippen LogP contribution is -2.53. The summed E-state index contributed by atoms with van der Waals surface area (Å²) in [6, 6.07) is 15.9. The monoisotopic (exact) mass is 455 g/mol. The van der Waals surface area contributed by atoms with Gasteiger partial charge in [-0.1, -0.05) is 36.9 Å². The van der Waals surface area contributed by atoms with Gasteiger partial charge < -0.3 is 10.6 Å². The van der Waals surface area contributed by atoms with E-state index in [1.807, 2.05) is 37.3 Å². The van der Waals surface area contributed by atoms with E-state index in [1.54, 1.807) is 0 Å². The Kier molecular flexibility index (Phi) is 7.48. The van der Waals surface area contributed by atoms with Crippen LogP contribution in [-0.2, 0) is 21.2 Å². The van der Waals surface area contributed by atoms with Gasteiger partial charge in [0.1, 0.15) is 0 Å². The number of amides is 2. The molecule has 3 rings (SSSR count). The number of nitrogens with zero attached hydrogens (tertiary/aromatic N) is 1. The molecule has 0 saturated carbocycles. The van der Waals surface area contributed by atoms with Crippen molar-refractivity contribution >= 4 is 21.8 Å². The van der Waals surface area contributed by atoms with E-state index in [-0.39, 0.29) is 16.7 Å². The summed E-state index contributed by atoms with van der Waals surface area (Å²) >= 11 is 0. The van der Waals surface area contributed by atoms with Crippen LogP contribution in [0.4, 0.5) is 0 Å². The van der Waals surface area contributed by atoms with Crippen molar-refractivity contribution in [3.8, 4) is 0 Å². The van der Waals surface area contributed by atoms with Crippen LogP contribution in [0.1, 0.15) is 35.7 Å². The Labute approximate surface area is 189 Å². The first-order valence-corrected chi connectivity index (χ1v) is 12.0. The molecule has 2 amide bonds. The van der Waals surface area contributed by atoms with E-state index in [0.717, 1.165) is 12.0 Å². The van der Waals surface area contributed by atoms with Crippen LogP contribution in [0, 0.1) is 0 Å². The van der Waals surface area contributed by atoms with Crippen LogP contribution < -0.4 is 10.6 Å². The number of nitrogens with one attached hydrogen (secondary N) is 2. The Bertz CT molecular complexity index is 1060. The highest BCUT2D eigenvalue weighted by Gasteiger charge is 2.36. The average molecular weight is 456 g/mol. The van der Waals surface area contributed by atoms with Crippen molar-refractivity contribution in [1.29, 1.82) is 0 Å². The number of hydrogen-bond acceptors (Lipinski definition) is 4. The largest absolute Gasteiger partial charge is 0.352 e. The molecule has 1 fully saturated rings. The van der Waals surface area contributed by atoms with Crippen LogP contribution >= 0.6 is 0 Å². The van der Waals surface area contributed by atoms with Gasteiger partial charge in [0, 0.05) is 30.7 Å². The smallest absolute Gasteiger partial charge is 0.251 e. The lowest BCUT2D eigenvalue weighted by atomic mass is 9.90. The van der Waals surface area contributed by atoms with E-state index < -0.39 is 15.6 Å². The second kappa shape index (κ2) is 10.1. The molecule has 0 radical (unpaired) electrons. The van der Waals surface area contributed by atoms with Gasteiger partial charge in [0.25, 0.3) is 5.91 Å². The van der Waals surface area contributed by atoms with Crippen LogP contribution in [0.25, 0.3) is 0 Å². The highest BCUT2D eigenvalue weighted by Crippen LogP contribution is 2.26. The summed E-state index contributed by atoms with van der Waals surface area (Å²) in [5.74, 6) is -0.502. The molecular weight excluding hydrogens is 426 g/mol. The average Bonchev–Trinajstić information content (AvgIpc) is 2.79. The normalized spacial score (nSPS) is 16.2. The maximum Gasteiger partial charge on any atom is 0.251 e. The molecule has 1 saturated heterocycles. The van der Waals surface area contributed by atoms with Gasteiger partial charge in [0.05, 0.1) is 4.90 Å². The summed E-state index contributed by atoms with van der Waals surface area (Å²) in [5, 5.41) is 5.74. The number of rotatable bonds is 8. The minimum Gasteiger partial charge on any atom is -0.352 e. The standard InChI is InChI=1S/C24H29N3O4S/c1-3-22(28)26-24(2)14-17-27(18-15-24)32(30,31)21-11-9-20(10-12-21)23(29)25-16-13-19-7-5-4-6-8-19/h3-12H,1,13-18H2,2H3,(H,25,29)(H,26,28). The molecule has 8 heteroatoms. The molecular formula is C24H29N3O4S. The third-order valence-corrected chi connectivity index (χ3v) is 7.65. The van der Waals surface area contributed by atoms with Gasteiger partial charge in [0.2, 0.25) is 15.9 Å². The number of hydrogen-bond donors (Lipinski definition) is 2. The summed E-state index contributed by atoms with van der Waals surface area (Å²) in [6.07, 6.45) is 2.95. The number of sulfonamides is 1. The van der Waals surface area contributed by atoms with Crippen molar-refractivity contribution < 1.29 is 18.0 Å². The Morgan fingerprint density at radius 3 is 2.28 bits per heavy atom. The molecule has 0 unspecified atom stereocenters. The first-order valence-electron chi connectivity index (χ1n) is 10.6. The molecule has 1 heterocycles. The fourth-order valence-electron chi connectivity index (χ4n) is 3.69. The molecule has 2 aromatic carbocycles. The summed E-state index contributed by atoms with van der Waals surface area (Å²) in [6.45, 7) is 6.47. The van der Waals surface area contributed by atoms with E-state index in [4.69, 9.17) is 0 Å². The van der Waals surface area contributed by atoms with Crippen LogP contribution in [0.2, 0.25) is 0 Å². The minimum atomic E-state index is -3.67. The third-order valence-electron chi connectivity index (χ3n) is 5.73. The van der Waals surface area contributed by atoms with E-state index in [0.29, 0.717) is 38.0 Å². The predicted molar refractivity (Wildman–Crippen MR) is 124 cm³/mol. The van der Waals surface area contributed by atoms with Gasteiger partial charge in [-0.25, -0.2) is 8.42 Å². The molecule has 1 aliphatic heterocycles. The Morgan fingerprint density at radius 1 is 1.06 bits per heavy atom. The number of benzene rings is 2. The first kappa shape index (κ1) is 23.7. The quantitative estimate of drug-likeness (QED) is 0.598. The molecule has 0 spiro atoms. The van der Waals surface area contributed by atoms with Crippen molar-refractivity contribution in [1.82, 2.24) is 14.9 Å². The molecule has 2 N–H and O–H groups in total. The molecule has 32 heavy (non-hydrogen) atoms. The second-order valence-corrected chi connectivity index (χ2v) is 10.1. The number of piperidine rings is 1. The van der Waals surface area contributed by atoms with Crippen molar-refractivity contribution in [2.24, 2.45) is 0 Å². The van der Waals surface area contributed by atoms with Gasteiger partial charge in [0.15, 0.2) is 0 Å². The van der Waals surface area contributed by atoms with E-state index in [1.165, 1.54) is 34.6 Å². The van der Waals surface area contributed by atoms with E-state index >= 15 is 0 Å². The van der Waals surface area contributed by atoms with Gasteiger partial charge in [-0.15, -0.1) is 0 Å². The Morgan fingerprint density at radius 2 is 1.69 bits per heavy atom. The third kappa shape index (κ3) is 5.83. The fraction of sp³-hybridized carbons (Fsp3) is 0.333. The molecule has 0 aromatic heterocycles. The minimum absolute atomic E-state index is 0.150. The number of carbonyl (C=O) groups is 2. The molecule has 7 nitrogen and oxygen atoms in total. The highest BCUT2D eigenvalue weighted by atomic mass is 32.2. The fourth-order valence-corrected chi connectivity index (χ4v) is 5.13. The van der Waals surface area contributed by atoms with Gasteiger partial charge in [-0.3, -0.25) is 9.59 Å². The maximum absolute atomic E-state index is 13.0. The van der Waals surface area contributed by atoms with Gasteiger partial charge >= 0.3 is 0 Å².